The highest BCUT2D eigenvalue weighted by Crippen LogP contribution is 2.27. The van der Waals surface area contributed by atoms with E-state index in [4.69, 9.17) is 5.73 Å². The molecule has 0 bridgehead atoms. The lowest BCUT2D eigenvalue weighted by molar-refractivity contribution is -0.133. The molecule has 0 spiro atoms. The molecule has 2 amide bonds. The Labute approximate surface area is 125 Å². The maximum Gasteiger partial charge on any atom is 0.238 e. The molecule has 0 aliphatic carbocycles. The highest BCUT2D eigenvalue weighted by molar-refractivity contribution is 5.94. The fourth-order valence-corrected chi connectivity index (χ4v) is 2.79. The van der Waals surface area contributed by atoms with E-state index >= 15 is 0 Å². The molecule has 1 aliphatic rings. The van der Waals surface area contributed by atoms with Gasteiger partial charge in [0, 0.05) is 5.69 Å². The largest absolute Gasteiger partial charge is 0.368 e. The predicted octanol–water partition coefficient (Wildman–Crippen LogP) is 1.66. The number of hydrogen-bond donors (Lipinski definition) is 2. The zero-order valence-electron chi connectivity index (χ0n) is 12.7. The molecule has 5 heteroatoms. The molecule has 1 aromatic rings. The van der Waals surface area contributed by atoms with E-state index < -0.39 is 5.54 Å². The summed E-state index contributed by atoms with van der Waals surface area (Å²) in [5.41, 5.74) is 6.63. The Morgan fingerprint density at radius 2 is 2.05 bits per heavy atom. The summed E-state index contributed by atoms with van der Waals surface area (Å²) < 4.78 is 0. The molecule has 1 aliphatic heterocycles. The lowest BCUT2D eigenvalue weighted by atomic mass is 9.87. The first-order valence-corrected chi connectivity index (χ1v) is 7.34. The highest BCUT2D eigenvalue weighted by atomic mass is 16.2. The Balaban J connectivity index is 2.04. The number of aryl methyl sites for hydroxylation is 1. The molecule has 1 fully saturated rings. The van der Waals surface area contributed by atoms with Gasteiger partial charge in [-0.05, 0) is 51.3 Å². The number of benzene rings is 1. The summed E-state index contributed by atoms with van der Waals surface area (Å²) in [5, 5.41) is 2.90. The quantitative estimate of drug-likeness (QED) is 0.885. The van der Waals surface area contributed by atoms with Gasteiger partial charge < -0.3 is 11.1 Å². The SMILES string of the molecule is Cc1ccccc1NC(=O)CN1CCCCC1(C)C(N)=O. The van der Waals surface area contributed by atoms with Crippen LogP contribution in [0.1, 0.15) is 31.7 Å². The molecule has 3 N–H and O–H groups in total. The van der Waals surface area contributed by atoms with Crippen LogP contribution >= 0.6 is 0 Å². The normalized spacial score (nSPS) is 22.8. The first kappa shape index (κ1) is 15.5. The molecular formula is C16H23N3O2. The van der Waals surface area contributed by atoms with E-state index in [1.807, 2.05) is 43.0 Å². The number of carbonyl (C=O) groups excluding carboxylic acids is 2. The minimum absolute atomic E-state index is 0.112. The molecule has 5 nitrogen and oxygen atoms in total. The minimum Gasteiger partial charge on any atom is -0.368 e. The number of hydrogen-bond acceptors (Lipinski definition) is 3. The summed E-state index contributed by atoms with van der Waals surface area (Å²) in [5.74, 6) is -0.468. The number of rotatable bonds is 4. The molecule has 1 saturated heterocycles. The molecule has 1 atom stereocenters. The smallest absolute Gasteiger partial charge is 0.238 e. The number of para-hydroxylation sites is 1. The summed E-state index contributed by atoms with van der Waals surface area (Å²) >= 11 is 0. The van der Waals surface area contributed by atoms with Gasteiger partial charge in [-0.2, -0.15) is 0 Å². The van der Waals surface area contributed by atoms with Gasteiger partial charge in [-0.15, -0.1) is 0 Å². The van der Waals surface area contributed by atoms with E-state index in [9.17, 15) is 9.59 Å². The Kier molecular flexibility index (Phi) is 4.63. The van der Waals surface area contributed by atoms with Crippen LogP contribution < -0.4 is 11.1 Å². The Morgan fingerprint density at radius 3 is 2.71 bits per heavy atom. The molecule has 0 saturated carbocycles. The molecule has 1 heterocycles. The zero-order chi connectivity index (χ0) is 15.5. The molecule has 0 radical (unpaired) electrons. The molecule has 1 unspecified atom stereocenters. The number of anilines is 1. The number of likely N-dealkylation sites (tertiary alicyclic amines) is 1. The topological polar surface area (TPSA) is 75.4 Å². The van der Waals surface area contributed by atoms with Gasteiger partial charge >= 0.3 is 0 Å². The average Bonchev–Trinajstić information content (AvgIpc) is 2.44. The third-order valence-corrected chi connectivity index (χ3v) is 4.32. The van der Waals surface area contributed by atoms with Crippen molar-refractivity contribution < 1.29 is 9.59 Å². The van der Waals surface area contributed by atoms with Crippen LogP contribution in [-0.4, -0.2) is 35.3 Å². The third-order valence-electron chi connectivity index (χ3n) is 4.32. The summed E-state index contributed by atoms with van der Waals surface area (Å²) in [7, 11) is 0. The zero-order valence-corrected chi connectivity index (χ0v) is 12.7. The van der Waals surface area contributed by atoms with Crippen LogP contribution in [0.5, 0.6) is 0 Å². The van der Waals surface area contributed by atoms with Crippen molar-refractivity contribution in [2.24, 2.45) is 5.73 Å². The molecular weight excluding hydrogens is 266 g/mol. The van der Waals surface area contributed by atoms with E-state index in [1.54, 1.807) is 0 Å². The number of amides is 2. The third kappa shape index (κ3) is 3.42. The van der Waals surface area contributed by atoms with Crippen LogP contribution in [0.4, 0.5) is 5.69 Å². The van der Waals surface area contributed by atoms with Crippen molar-refractivity contribution in [1.82, 2.24) is 4.90 Å². The van der Waals surface area contributed by atoms with Crippen LogP contribution in [-0.2, 0) is 9.59 Å². The van der Waals surface area contributed by atoms with Crippen molar-refractivity contribution >= 4 is 17.5 Å². The Morgan fingerprint density at radius 1 is 1.33 bits per heavy atom. The van der Waals surface area contributed by atoms with Gasteiger partial charge in [0.15, 0.2) is 0 Å². The molecule has 0 aromatic heterocycles. The van der Waals surface area contributed by atoms with E-state index in [0.29, 0.717) is 6.42 Å². The van der Waals surface area contributed by atoms with Crippen molar-refractivity contribution in [2.45, 2.75) is 38.6 Å². The maximum atomic E-state index is 12.2. The first-order chi connectivity index (χ1) is 9.93. The Bertz CT molecular complexity index is 544. The molecule has 21 heavy (non-hydrogen) atoms. The van der Waals surface area contributed by atoms with Gasteiger partial charge in [0.05, 0.1) is 12.1 Å². The van der Waals surface area contributed by atoms with Crippen LogP contribution in [0, 0.1) is 6.92 Å². The number of nitrogens with zero attached hydrogens (tertiary/aromatic N) is 1. The van der Waals surface area contributed by atoms with Crippen molar-refractivity contribution in [1.29, 1.82) is 0 Å². The highest BCUT2D eigenvalue weighted by Gasteiger charge is 2.40. The maximum absolute atomic E-state index is 12.2. The fourth-order valence-electron chi connectivity index (χ4n) is 2.79. The van der Waals surface area contributed by atoms with E-state index in [-0.39, 0.29) is 18.4 Å². The van der Waals surface area contributed by atoms with Gasteiger partial charge in [-0.3, -0.25) is 14.5 Å². The van der Waals surface area contributed by atoms with Gasteiger partial charge in [-0.1, -0.05) is 18.2 Å². The standard InChI is InChI=1S/C16H23N3O2/c1-12-7-3-4-8-13(12)18-14(20)11-19-10-6-5-9-16(19,2)15(17)21/h3-4,7-8H,5-6,9-11H2,1-2H3,(H2,17,21)(H,18,20). The average molecular weight is 289 g/mol. The summed E-state index contributed by atoms with van der Waals surface area (Å²) in [6.07, 6.45) is 2.66. The van der Waals surface area contributed by atoms with Crippen molar-refractivity contribution in [3.63, 3.8) is 0 Å². The van der Waals surface area contributed by atoms with Gasteiger partial charge in [0.1, 0.15) is 0 Å². The van der Waals surface area contributed by atoms with Crippen LogP contribution in [0.3, 0.4) is 0 Å². The number of primary amides is 1. The number of nitrogens with two attached hydrogens (primary N) is 1. The van der Waals surface area contributed by atoms with Crippen LogP contribution in [0.25, 0.3) is 0 Å². The molecule has 114 valence electrons. The van der Waals surface area contributed by atoms with Crippen molar-refractivity contribution in [3.8, 4) is 0 Å². The second-order valence-corrected chi connectivity index (χ2v) is 5.88. The summed E-state index contributed by atoms with van der Waals surface area (Å²) in [6.45, 7) is 4.69. The van der Waals surface area contributed by atoms with Gasteiger partial charge in [0.25, 0.3) is 0 Å². The first-order valence-electron chi connectivity index (χ1n) is 7.34. The van der Waals surface area contributed by atoms with E-state index in [2.05, 4.69) is 5.32 Å². The second kappa shape index (κ2) is 6.26. The fraction of sp³-hybridized carbons (Fsp3) is 0.500. The molecule has 1 aromatic carbocycles. The number of nitrogens with one attached hydrogen (secondary N) is 1. The van der Waals surface area contributed by atoms with Gasteiger partial charge in [0.2, 0.25) is 11.8 Å². The van der Waals surface area contributed by atoms with Gasteiger partial charge in [-0.25, -0.2) is 0 Å². The summed E-state index contributed by atoms with van der Waals surface area (Å²) in [6, 6.07) is 7.64. The molecule has 2 rings (SSSR count). The number of carbonyl (C=O) groups is 2. The second-order valence-electron chi connectivity index (χ2n) is 5.88. The monoisotopic (exact) mass is 289 g/mol. The van der Waals surface area contributed by atoms with Crippen molar-refractivity contribution in [3.05, 3.63) is 29.8 Å². The summed E-state index contributed by atoms with van der Waals surface area (Å²) in [4.78, 5) is 25.9. The lowest BCUT2D eigenvalue weighted by Gasteiger charge is -2.42. The Hall–Kier alpha value is -1.88. The predicted molar refractivity (Wildman–Crippen MR) is 82.8 cm³/mol. The minimum atomic E-state index is -0.721. The van der Waals surface area contributed by atoms with E-state index in [0.717, 1.165) is 30.6 Å². The lowest BCUT2D eigenvalue weighted by Crippen LogP contribution is -2.59. The number of piperidine rings is 1. The van der Waals surface area contributed by atoms with Crippen LogP contribution in [0.15, 0.2) is 24.3 Å². The van der Waals surface area contributed by atoms with Crippen molar-refractivity contribution in [2.75, 3.05) is 18.4 Å². The van der Waals surface area contributed by atoms with Crippen LogP contribution in [0.2, 0.25) is 0 Å². The van der Waals surface area contributed by atoms with E-state index in [1.165, 1.54) is 0 Å².